The molecule has 1 unspecified atom stereocenters. The molecule has 0 radical (unpaired) electrons. The molecule has 1 aliphatic rings. The lowest BCUT2D eigenvalue weighted by molar-refractivity contribution is 0.0755. The third-order valence-corrected chi connectivity index (χ3v) is 4.26. The van der Waals surface area contributed by atoms with Gasteiger partial charge in [0.2, 0.25) is 0 Å². The van der Waals surface area contributed by atoms with Crippen LogP contribution in [0.2, 0.25) is 0 Å². The fraction of sp³-hybridized carbons (Fsp3) is 0.545. The first-order chi connectivity index (χ1) is 9.50. The maximum atomic E-state index is 10.1. The Kier molecular flexibility index (Phi) is 3.28. The molecule has 20 heavy (non-hydrogen) atoms. The smallest absolute Gasteiger partial charge is 0.155 e. The van der Waals surface area contributed by atoms with E-state index in [4.69, 9.17) is 5.73 Å². The summed E-state index contributed by atoms with van der Waals surface area (Å²) in [5, 5.41) is 29.5. The molecular formula is C11H16N6O2S. The predicted octanol–water partition coefficient (Wildman–Crippen LogP) is -1.01. The fourth-order valence-electron chi connectivity index (χ4n) is 2.58. The van der Waals surface area contributed by atoms with Crippen LogP contribution in [0.25, 0.3) is 11.0 Å². The highest BCUT2D eigenvalue weighted by molar-refractivity contribution is 7.81. The van der Waals surface area contributed by atoms with Gasteiger partial charge in [-0.2, -0.15) is 17.7 Å². The van der Waals surface area contributed by atoms with Gasteiger partial charge in [-0.15, -0.1) is 0 Å². The van der Waals surface area contributed by atoms with E-state index in [0.717, 1.165) is 0 Å². The highest BCUT2D eigenvalue weighted by Crippen LogP contribution is 2.34. The van der Waals surface area contributed by atoms with Gasteiger partial charge >= 0.3 is 0 Å². The Bertz CT molecular complexity index is 632. The van der Waals surface area contributed by atoms with Gasteiger partial charge in [0.25, 0.3) is 0 Å². The van der Waals surface area contributed by atoms with Crippen molar-refractivity contribution in [1.29, 1.82) is 0 Å². The van der Waals surface area contributed by atoms with E-state index in [0.29, 0.717) is 22.5 Å². The van der Waals surface area contributed by atoms with Gasteiger partial charge in [-0.3, -0.25) is 10.4 Å². The lowest BCUT2D eigenvalue weighted by atomic mass is 10.1. The van der Waals surface area contributed by atoms with Gasteiger partial charge in [-0.1, -0.05) is 0 Å². The van der Waals surface area contributed by atoms with Crippen molar-refractivity contribution in [3.63, 3.8) is 0 Å². The summed E-state index contributed by atoms with van der Waals surface area (Å²) >= 11 is 4.43. The zero-order valence-corrected chi connectivity index (χ0v) is 11.6. The van der Waals surface area contributed by atoms with Crippen molar-refractivity contribution < 1.29 is 10.2 Å². The zero-order valence-electron chi connectivity index (χ0n) is 10.7. The number of hydrogen-bond donors (Lipinski definition) is 6. The van der Waals surface area contributed by atoms with Crippen LogP contribution in [0.15, 0.2) is 6.33 Å². The Morgan fingerprint density at radius 1 is 1.40 bits per heavy atom. The molecule has 1 aliphatic heterocycles. The van der Waals surface area contributed by atoms with Gasteiger partial charge < -0.3 is 15.9 Å². The number of aromatic nitrogens is 4. The standard InChI is InChI=1S/C11H16N6O2S/c1-3(18)4-9(19)10(20)7(15-4)6-5-8(17-16-6)11(12)14-2-13-5/h2-4,7,9-10,15,18-20H,1H3,(H,16,17)(H2,12,13,14)/t3?,4-,7+,9-,10+/m1/s1. The number of nitrogens with zero attached hydrogens (tertiary/aromatic N) is 3. The third-order valence-electron chi connectivity index (χ3n) is 3.66. The Hall–Kier alpha value is -1.42. The molecule has 0 amide bonds. The molecule has 1 fully saturated rings. The summed E-state index contributed by atoms with van der Waals surface area (Å²) in [6, 6.07) is -0.771. The summed E-state index contributed by atoms with van der Waals surface area (Å²) in [6.07, 6.45) is -0.110. The number of fused-ring (bicyclic) bond motifs is 1. The molecule has 3 rings (SSSR count). The van der Waals surface area contributed by atoms with Crippen molar-refractivity contribution in [1.82, 2.24) is 25.5 Å². The van der Waals surface area contributed by atoms with E-state index in [9.17, 15) is 10.2 Å². The number of nitrogens with two attached hydrogens (primary N) is 1. The highest BCUT2D eigenvalue weighted by Gasteiger charge is 2.44. The van der Waals surface area contributed by atoms with Crippen LogP contribution in [0, 0.1) is 0 Å². The van der Waals surface area contributed by atoms with E-state index in [1.807, 2.05) is 0 Å². The van der Waals surface area contributed by atoms with E-state index >= 15 is 0 Å². The van der Waals surface area contributed by atoms with Crippen LogP contribution in [0.1, 0.15) is 18.7 Å². The van der Waals surface area contributed by atoms with Crippen LogP contribution in [0.3, 0.4) is 0 Å². The Morgan fingerprint density at radius 3 is 2.80 bits per heavy atom. The van der Waals surface area contributed by atoms with Gasteiger partial charge in [0, 0.05) is 0 Å². The van der Waals surface area contributed by atoms with E-state index in [1.54, 1.807) is 6.92 Å². The number of nitrogen functional groups attached to an aromatic ring is 1. The predicted molar refractivity (Wildman–Crippen MR) is 76.2 cm³/mol. The summed E-state index contributed by atoms with van der Waals surface area (Å²) in [6.45, 7) is 1.62. The highest BCUT2D eigenvalue weighted by atomic mass is 32.1. The molecule has 1 saturated heterocycles. The summed E-state index contributed by atoms with van der Waals surface area (Å²) < 4.78 is 0. The quantitative estimate of drug-likeness (QED) is 0.391. The number of hydrogen-bond acceptors (Lipinski definition) is 8. The minimum absolute atomic E-state index is 0.291. The Morgan fingerprint density at radius 2 is 2.15 bits per heavy atom. The van der Waals surface area contributed by atoms with Crippen molar-refractivity contribution in [3.05, 3.63) is 12.0 Å². The molecule has 5 atom stereocenters. The number of thiol groups is 1. The number of aliphatic hydroxyl groups is 2. The summed E-state index contributed by atoms with van der Waals surface area (Å²) in [7, 11) is 0. The normalized spacial score (nSPS) is 31.8. The monoisotopic (exact) mass is 296 g/mol. The van der Waals surface area contributed by atoms with E-state index < -0.39 is 23.5 Å². The maximum Gasteiger partial charge on any atom is 0.155 e. The van der Waals surface area contributed by atoms with Crippen LogP contribution in [0.4, 0.5) is 5.82 Å². The minimum Gasteiger partial charge on any atom is -0.392 e. The van der Waals surface area contributed by atoms with E-state index in [-0.39, 0.29) is 6.04 Å². The lowest BCUT2D eigenvalue weighted by Gasteiger charge is -2.18. The number of aromatic amines is 1. The van der Waals surface area contributed by atoms with Crippen molar-refractivity contribution >= 4 is 29.5 Å². The van der Waals surface area contributed by atoms with E-state index in [2.05, 4.69) is 38.1 Å². The molecule has 0 aliphatic carbocycles. The summed E-state index contributed by atoms with van der Waals surface area (Å²) in [4.78, 5) is 8.05. The second kappa shape index (κ2) is 4.85. The van der Waals surface area contributed by atoms with Crippen LogP contribution < -0.4 is 11.1 Å². The molecule has 8 nitrogen and oxygen atoms in total. The molecule has 2 aromatic rings. The number of rotatable bonds is 2. The maximum absolute atomic E-state index is 10.1. The minimum atomic E-state index is -0.777. The average Bonchev–Trinajstić information content (AvgIpc) is 2.94. The Labute approximate surface area is 120 Å². The molecule has 0 bridgehead atoms. The number of H-pyrrole nitrogens is 1. The summed E-state index contributed by atoms with van der Waals surface area (Å²) in [5.41, 5.74) is 7.50. The van der Waals surface area contributed by atoms with Crippen molar-refractivity contribution in [3.8, 4) is 0 Å². The molecule has 9 heteroatoms. The van der Waals surface area contributed by atoms with Gasteiger partial charge in [0.05, 0.1) is 35.2 Å². The van der Waals surface area contributed by atoms with Gasteiger partial charge in [0.1, 0.15) is 11.8 Å². The molecule has 0 spiro atoms. The Balaban J connectivity index is 2.02. The first kappa shape index (κ1) is 13.6. The van der Waals surface area contributed by atoms with Crippen LogP contribution in [-0.2, 0) is 0 Å². The number of aliphatic hydroxyl groups excluding tert-OH is 2. The first-order valence-electron chi connectivity index (χ1n) is 6.25. The molecule has 6 N–H and O–H groups in total. The average molecular weight is 296 g/mol. The number of anilines is 1. The van der Waals surface area contributed by atoms with Crippen LogP contribution >= 0.6 is 12.6 Å². The van der Waals surface area contributed by atoms with Crippen LogP contribution in [-0.4, -0.2) is 53.9 Å². The lowest BCUT2D eigenvalue weighted by Crippen LogP contribution is -2.41. The van der Waals surface area contributed by atoms with Crippen molar-refractivity contribution in [2.75, 3.05) is 5.73 Å². The van der Waals surface area contributed by atoms with Crippen LogP contribution in [0.5, 0.6) is 0 Å². The molecular weight excluding hydrogens is 280 g/mol. The van der Waals surface area contributed by atoms with Gasteiger partial charge in [0.15, 0.2) is 11.3 Å². The van der Waals surface area contributed by atoms with Gasteiger partial charge in [-0.25, -0.2) is 9.97 Å². The molecule has 3 heterocycles. The second-order valence-electron chi connectivity index (χ2n) is 4.99. The molecule has 0 saturated carbocycles. The molecule has 2 aromatic heterocycles. The van der Waals surface area contributed by atoms with Crippen molar-refractivity contribution in [2.45, 2.75) is 36.5 Å². The first-order valence-corrected chi connectivity index (χ1v) is 6.77. The number of nitrogens with one attached hydrogen (secondary N) is 2. The second-order valence-corrected chi connectivity index (χ2v) is 5.58. The SMILES string of the molecule is CC(O)[C@H]1N[C@@H](c2[nH]nc3c(N)ncnc23)[C@H](S)[C@@H]1O. The third kappa shape index (κ3) is 1.94. The van der Waals surface area contributed by atoms with E-state index in [1.165, 1.54) is 6.33 Å². The largest absolute Gasteiger partial charge is 0.392 e. The topological polar surface area (TPSA) is 133 Å². The molecule has 0 aromatic carbocycles. The zero-order chi connectivity index (χ0) is 14.4. The van der Waals surface area contributed by atoms with Gasteiger partial charge in [-0.05, 0) is 6.92 Å². The summed E-state index contributed by atoms with van der Waals surface area (Å²) in [5.74, 6) is 0.291. The van der Waals surface area contributed by atoms with Crippen molar-refractivity contribution in [2.24, 2.45) is 0 Å². The fourth-order valence-corrected chi connectivity index (χ4v) is 3.00. The molecule has 108 valence electrons.